The van der Waals surface area contributed by atoms with E-state index in [0.29, 0.717) is 10.9 Å². The molecule has 0 aliphatic rings. The molecule has 0 aliphatic carbocycles. The number of hydrogen-bond donors (Lipinski definition) is 3. The van der Waals surface area contributed by atoms with E-state index >= 15 is 0 Å². The number of aromatic nitrogens is 5. The molecule has 3 N–H and O–H groups in total. The fourth-order valence-electron chi connectivity index (χ4n) is 2.31. The highest BCUT2D eigenvalue weighted by Gasteiger charge is 2.35. The number of hydrogen-bond acceptors (Lipinski definition) is 5. The summed E-state index contributed by atoms with van der Waals surface area (Å²) >= 11 is 5.11. The largest absolute Gasteiger partial charge is 0.451 e. The van der Waals surface area contributed by atoms with Gasteiger partial charge in [0, 0.05) is 12.1 Å². The third-order valence-electron chi connectivity index (χ3n) is 3.53. The minimum Gasteiger partial charge on any atom is -0.332 e. The number of nitrogens with one attached hydrogen (secondary N) is 3. The Morgan fingerprint density at radius 2 is 2.15 bits per heavy atom. The van der Waals surface area contributed by atoms with E-state index in [2.05, 4.69) is 27.0 Å². The standard InChI is InChI=1S/C15H11F3N6O2S/c1-2-5-24-11(26)8-4-3-7(6-9(8)19-14(24)27)10(25)20-13-21-12(22-23-13)15(16,17)18/h2-4,6H,1,5H2,(H,19,27)(H2,20,21,22,23,25). The quantitative estimate of drug-likeness (QED) is 0.464. The van der Waals surface area contributed by atoms with Crippen molar-refractivity contribution in [3.05, 3.63) is 57.4 Å². The van der Waals surface area contributed by atoms with E-state index in [0.717, 1.165) is 0 Å². The summed E-state index contributed by atoms with van der Waals surface area (Å²) in [4.78, 5) is 30.6. The molecule has 0 aliphatic heterocycles. The topological polar surface area (TPSA) is 108 Å². The van der Waals surface area contributed by atoms with Crippen molar-refractivity contribution < 1.29 is 18.0 Å². The van der Waals surface area contributed by atoms with Crippen LogP contribution >= 0.6 is 12.2 Å². The van der Waals surface area contributed by atoms with Crippen molar-refractivity contribution >= 4 is 35.0 Å². The number of allylic oxidation sites excluding steroid dienone is 1. The number of benzene rings is 1. The van der Waals surface area contributed by atoms with Gasteiger partial charge in [-0.3, -0.25) is 24.6 Å². The van der Waals surface area contributed by atoms with Crippen molar-refractivity contribution in [2.45, 2.75) is 12.7 Å². The van der Waals surface area contributed by atoms with Crippen LogP contribution in [0.5, 0.6) is 0 Å². The third kappa shape index (κ3) is 3.65. The van der Waals surface area contributed by atoms with Gasteiger partial charge in [-0.05, 0) is 30.4 Å². The SMILES string of the molecule is C=CCn1c(=S)[nH]c2cc(C(=O)Nc3n[nH]c(C(F)(F)F)n3)ccc2c1=O. The Balaban J connectivity index is 1.93. The van der Waals surface area contributed by atoms with Crippen LogP contribution in [0, 0.1) is 4.77 Å². The first-order valence-corrected chi connectivity index (χ1v) is 7.80. The zero-order valence-corrected chi connectivity index (χ0v) is 14.2. The Morgan fingerprint density at radius 3 is 2.78 bits per heavy atom. The second-order valence-corrected chi connectivity index (χ2v) is 5.74. The molecule has 1 aromatic carbocycles. The smallest absolute Gasteiger partial charge is 0.332 e. The van der Waals surface area contributed by atoms with Gasteiger partial charge >= 0.3 is 6.18 Å². The molecule has 12 heteroatoms. The molecular weight excluding hydrogens is 385 g/mol. The molecule has 0 saturated heterocycles. The predicted molar refractivity (Wildman–Crippen MR) is 92.9 cm³/mol. The van der Waals surface area contributed by atoms with Crippen LogP contribution in [0.1, 0.15) is 16.2 Å². The number of H-pyrrole nitrogens is 2. The van der Waals surface area contributed by atoms with Gasteiger partial charge in [-0.1, -0.05) is 6.08 Å². The Bertz CT molecular complexity index is 1160. The highest BCUT2D eigenvalue weighted by molar-refractivity contribution is 7.71. The van der Waals surface area contributed by atoms with E-state index in [1.165, 1.54) is 28.8 Å². The van der Waals surface area contributed by atoms with Gasteiger partial charge in [-0.2, -0.15) is 18.2 Å². The zero-order valence-electron chi connectivity index (χ0n) is 13.4. The Labute approximate surface area is 153 Å². The molecule has 0 saturated carbocycles. The van der Waals surface area contributed by atoms with E-state index in [-0.39, 0.29) is 22.4 Å². The van der Waals surface area contributed by atoms with Crippen LogP contribution in [0.2, 0.25) is 0 Å². The highest BCUT2D eigenvalue weighted by atomic mass is 32.1. The maximum absolute atomic E-state index is 12.5. The molecule has 0 fully saturated rings. The van der Waals surface area contributed by atoms with E-state index in [1.54, 1.807) is 5.10 Å². The predicted octanol–water partition coefficient (Wildman–Crippen LogP) is 2.63. The molecule has 2 aromatic heterocycles. The number of fused-ring (bicyclic) bond motifs is 1. The molecule has 0 unspecified atom stereocenters. The molecule has 1 amide bonds. The highest BCUT2D eigenvalue weighted by Crippen LogP contribution is 2.26. The fourth-order valence-corrected chi connectivity index (χ4v) is 2.58. The van der Waals surface area contributed by atoms with Crippen LogP contribution < -0.4 is 10.9 Å². The van der Waals surface area contributed by atoms with Crippen LogP contribution in [0.25, 0.3) is 10.9 Å². The van der Waals surface area contributed by atoms with E-state index in [9.17, 15) is 22.8 Å². The average molecular weight is 396 g/mol. The lowest BCUT2D eigenvalue weighted by atomic mass is 10.1. The first kappa shape index (κ1) is 18.5. The van der Waals surface area contributed by atoms with Crippen molar-refractivity contribution in [1.29, 1.82) is 0 Å². The monoisotopic (exact) mass is 396 g/mol. The van der Waals surface area contributed by atoms with Crippen LogP contribution in [-0.4, -0.2) is 30.6 Å². The summed E-state index contributed by atoms with van der Waals surface area (Å²) in [6.07, 6.45) is -3.19. The van der Waals surface area contributed by atoms with Crippen molar-refractivity contribution in [3.8, 4) is 0 Å². The number of amides is 1. The van der Waals surface area contributed by atoms with Gasteiger partial charge in [-0.25, -0.2) is 0 Å². The molecule has 8 nitrogen and oxygen atoms in total. The Morgan fingerprint density at radius 1 is 1.41 bits per heavy atom. The number of carbonyl (C=O) groups is 1. The molecule has 140 valence electrons. The van der Waals surface area contributed by atoms with Gasteiger partial charge in [-0.15, -0.1) is 11.7 Å². The lowest BCUT2D eigenvalue weighted by molar-refractivity contribution is -0.144. The number of carbonyl (C=O) groups excluding carboxylic acids is 1. The Hall–Kier alpha value is -3.28. The van der Waals surface area contributed by atoms with Crippen LogP contribution in [-0.2, 0) is 12.7 Å². The van der Waals surface area contributed by atoms with Crippen molar-refractivity contribution in [2.75, 3.05) is 5.32 Å². The molecule has 3 aromatic rings. The summed E-state index contributed by atoms with van der Waals surface area (Å²) in [5, 5.41) is 7.43. The lowest BCUT2D eigenvalue weighted by Gasteiger charge is -2.07. The Kier molecular flexibility index (Phi) is 4.66. The lowest BCUT2D eigenvalue weighted by Crippen LogP contribution is -2.22. The molecule has 27 heavy (non-hydrogen) atoms. The van der Waals surface area contributed by atoms with Gasteiger partial charge in [0.2, 0.25) is 11.8 Å². The van der Waals surface area contributed by atoms with Gasteiger partial charge in [0.15, 0.2) is 4.77 Å². The third-order valence-corrected chi connectivity index (χ3v) is 3.86. The molecule has 0 bridgehead atoms. The number of aromatic amines is 2. The first-order chi connectivity index (χ1) is 12.7. The van der Waals surface area contributed by atoms with Crippen LogP contribution in [0.15, 0.2) is 35.6 Å². The van der Waals surface area contributed by atoms with Crippen molar-refractivity contribution in [1.82, 2.24) is 24.7 Å². The average Bonchev–Trinajstić information content (AvgIpc) is 3.07. The van der Waals surface area contributed by atoms with Crippen molar-refractivity contribution in [2.24, 2.45) is 0 Å². The minimum atomic E-state index is -4.71. The summed E-state index contributed by atoms with van der Waals surface area (Å²) in [6, 6.07) is 4.12. The summed E-state index contributed by atoms with van der Waals surface area (Å²) < 4.78 is 39.0. The fraction of sp³-hybridized carbons (Fsp3) is 0.133. The van der Waals surface area contributed by atoms with Crippen molar-refractivity contribution in [3.63, 3.8) is 0 Å². The van der Waals surface area contributed by atoms with Gasteiger partial charge in [0.05, 0.1) is 10.9 Å². The molecule has 0 spiro atoms. The van der Waals surface area contributed by atoms with E-state index in [1.807, 2.05) is 0 Å². The molecule has 3 rings (SSSR count). The maximum Gasteiger partial charge on any atom is 0.451 e. The summed E-state index contributed by atoms with van der Waals surface area (Å²) in [5.41, 5.74) is 0.0284. The van der Waals surface area contributed by atoms with Gasteiger partial charge in [0.1, 0.15) is 0 Å². The number of alkyl halides is 3. The van der Waals surface area contributed by atoms with Gasteiger partial charge < -0.3 is 4.98 Å². The summed E-state index contributed by atoms with van der Waals surface area (Å²) in [7, 11) is 0. The second kappa shape index (κ2) is 6.79. The zero-order chi connectivity index (χ0) is 19.8. The van der Waals surface area contributed by atoms with Gasteiger partial charge in [0.25, 0.3) is 11.5 Å². The van der Waals surface area contributed by atoms with Crippen LogP contribution in [0.4, 0.5) is 19.1 Å². The van der Waals surface area contributed by atoms with E-state index in [4.69, 9.17) is 12.2 Å². The summed E-state index contributed by atoms with van der Waals surface area (Å²) in [5.74, 6) is -2.61. The molecule has 0 atom stereocenters. The molecule has 0 radical (unpaired) electrons. The van der Waals surface area contributed by atoms with Crippen LogP contribution in [0.3, 0.4) is 0 Å². The summed E-state index contributed by atoms with van der Waals surface area (Å²) in [6.45, 7) is 3.78. The first-order valence-electron chi connectivity index (χ1n) is 7.39. The minimum absolute atomic E-state index is 0.0763. The normalized spacial score (nSPS) is 11.5. The number of anilines is 1. The number of rotatable bonds is 4. The maximum atomic E-state index is 12.5. The molecular formula is C15H11F3N6O2S. The molecule has 2 heterocycles. The number of halogens is 3. The number of nitrogens with zero attached hydrogens (tertiary/aromatic N) is 3. The van der Waals surface area contributed by atoms with E-state index < -0.39 is 23.9 Å². The second-order valence-electron chi connectivity index (χ2n) is 5.35.